The lowest BCUT2D eigenvalue weighted by Gasteiger charge is -2.09. The second-order valence-corrected chi connectivity index (χ2v) is 7.20. The number of carbonyl (C=O) groups excluding carboxylic acids is 1. The lowest BCUT2D eigenvalue weighted by atomic mass is 10.2. The summed E-state index contributed by atoms with van der Waals surface area (Å²) in [5.41, 5.74) is 1.50. The molecule has 0 fully saturated rings. The minimum absolute atomic E-state index is 0.00585. The van der Waals surface area contributed by atoms with E-state index in [0.29, 0.717) is 65.0 Å². The van der Waals surface area contributed by atoms with E-state index >= 15 is 0 Å². The van der Waals surface area contributed by atoms with Gasteiger partial charge in [0.1, 0.15) is 6.61 Å². The smallest absolute Gasteiger partial charge is 0.338 e. The van der Waals surface area contributed by atoms with Gasteiger partial charge < -0.3 is 38.8 Å². The fourth-order valence-electron chi connectivity index (χ4n) is 2.55. The molecule has 0 heterocycles. The van der Waals surface area contributed by atoms with Gasteiger partial charge in [-0.15, -0.1) is 0 Å². The fourth-order valence-corrected chi connectivity index (χ4v) is 2.55. The van der Waals surface area contributed by atoms with Crippen LogP contribution in [0.15, 0.2) is 24.3 Å². The minimum Gasteiger partial charge on any atom is -0.481 e. The lowest BCUT2D eigenvalue weighted by molar-refractivity contribution is -0.138. The van der Waals surface area contributed by atoms with Gasteiger partial charge >= 0.3 is 11.9 Å². The number of unbranched alkanes of at least 4 members (excludes halogenated alkanes) is 1. The summed E-state index contributed by atoms with van der Waals surface area (Å²) < 4.78 is 31.7. The number of hydrogen-bond donors (Lipinski definition) is 2. The molecule has 2 N–H and O–H groups in total. The van der Waals surface area contributed by atoms with E-state index in [4.69, 9.17) is 33.5 Å². The highest BCUT2D eigenvalue weighted by Gasteiger charge is 2.06. The van der Waals surface area contributed by atoms with Crippen molar-refractivity contribution in [3.8, 4) is 0 Å². The fraction of sp³-hybridized carbons (Fsp3) is 0.667. The number of carboxylic acid groups (broad SMARTS) is 1. The lowest BCUT2D eigenvalue weighted by Crippen LogP contribution is -2.15. The largest absolute Gasteiger partial charge is 0.481 e. The second kappa shape index (κ2) is 21.3. The minimum atomic E-state index is -0.878. The Morgan fingerprint density at radius 3 is 1.68 bits per heavy atom. The molecule has 0 saturated heterocycles. The van der Waals surface area contributed by atoms with Crippen molar-refractivity contribution in [3.63, 3.8) is 0 Å². The van der Waals surface area contributed by atoms with Gasteiger partial charge in [-0.25, -0.2) is 4.79 Å². The van der Waals surface area contributed by atoms with Crippen LogP contribution in [0.1, 0.15) is 36.5 Å². The van der Waals surface area contributed by atoms with Gasteiger partial charge in [0.05, 0.1) is 78.1 Å². The molecular weight excluding hydrogens is 446 g/mol. The summed E-state index contributed by atoms with van der Waals surface area (Å²) in [6.45, 7) is 7.09. The highest BCUT2D eigenvalue weighted by molar-refractivity contribution is 5.89. The molecular formula is C24H39NO9. The van der Waals surface area contributed by atoms with E-state index in [1.165, 1.54) is 0 Å². The normalized spacial score (nSPS) is 10.9. The van der Waals surface area contributed by atoms with Crippen LogP contribution in [0.4, 0.5) is 5.69 Å². The third-order valence-corrected chi connectivity index (χ3v) is 4.39. The quantitative estimate of drug-likeness (QED) is 0.177. The number of anilines is 1. The topological polar surface area (TPSA) is 122 Å². The van der Waals surface area contributed by atoms with Crippen molar-refractivity contribution < 1.29 is 43.1 Å². The Balaban J connectivity index is 1.84. The first-order chi connectivity index (χ1) is 16.6. The first kappa shape index (κ1) is 29.8. The second-order valence-electron chi connectivity index (χ2n) is 7.20. The van der Waals surface area contributed by atoms with Gasteiger partial charge in [-0.05, 0) is 30.7 Å². The van der Waals surface area contributed by atoms with E-state index in [0.717, 1.165) is 25.1 Å². The van der Waals surface area contributed by atoms with Gasteiger partial charge in [0, 0.05) is 12.2 Å². The number of carboxylic acids is 1. The Hall–Kier alpha value is -2.24. The summed E-state index contributed by atoms with van der Waals surface area (Å²) in [4.78, 5) is 22.3. The summed E-state index contributed by atoms with van der Waals surface area (Å²) in [6.07, 6.45) is 2.23. The van der Waals surface area contributed by atoms with Gasteiger partial charge in [0.15, 0.2) is 0 Å². The molecule has 0 amide bonds. The molecule has 0 atom stereocenters. The van der Waals surface area contributed by atoms with Crippen molar-refractivity contribution in [2.45, 2.75) is 26.2 Å². The molecule has 10 heteroatoms. The maximum Gasteiger partial charge on any atom is 0.338 e. The number of aliphatic carboxylic acids is 1. The molecule has 0 saturated carbocycles. The van der Waals surface area contributed by atoms with Crippen LogP contribution in [0.25, 0.3) is 0 Å². The van der Waals surface area contributed by atoms with Crippen LogP contribution in [0.5, 0.6) is 0 Å². The van der Waals surface area contributed by atoms with Crippen LogP contribution in [0.2, 0.25) is 0 Å². The Morgan fingerprint density at radius 2 is 1.21 bits per heavy atom. The maximum atomic E-state index is 12.0. The third kappa shape index (κ3) is 17.3. The Bertz CT molecular complexity index is 640. The standard InChI is InChI=1S/C24H39NO9/c1-2-3-9-25-22-6-4-21(5-7-22)24(28)34-20-19-33-18-17-32-16-15-31-14-13-30-12-11-29-10-8-23(26)27/h4-7,25H,2-3,8-20H2,1H3,(H,26,27). The van der Waals surface area contributed by atoms with Crippen molar-refractivity contribution in [3.05, 3.63) is 29.8 Å². The monoisotopic (exact) mass is 485 g/mol. The molecule has 0 aromatic heterocycles. The molecule has 1 aromatic rings. The number of esters is 1. The van der Waals surface area contributed by atoms with Crippen LogP contribution >= 0.6 is 0 Å². The number of hydrogen-bond acceptors (Lipinski definition) is 9. The van der Waals surface area contributed by atoms with Crippen molar-refractivity contribution in [1.29, 1.82) is 0 Å². The van der Waals surface area contributed by atoms with E-state index in [2.05, 4.69) is 12.2 Å². The Kier molecular flexibility index (Phi) is 18.7. The summed E-state index contributed by atoms with van der Waals surface area (Å²) in [5, 5.41) is 11.8. The van der Waals surface area contributed by atoms with Gasteiger partial charge in [0.2, 0.25) is 0 Å². The summed E-state index contributed by atoms with van der Waals surface area (Å²) >= 11 is 0. The van der Waals surface area contributed by atoms with E-state index in [1.807, 2.05) is 12.1 Å². The highest BCUT2D eigenvalue weighted by atomic mass is 16.6. The maximum absolute atomic E-state index is 12.0. The van der Waals surface area contributed by atoms with E-state index in [-0.39, 0.29) is 25.6 Å². The van der Waals surface area contributed by atoms with Crippen molar-refractivity contribution >= 4 is 17.6 Å². The summed E-state index contributed by atoms with van der Waals surface area (Å²) in [5.74, 6) is -1.25. The molecule has 0 radical (unpaired) electrons. The molecule has 0 aliphatic heterocycles. The van der Waals surface area contributed by atoms with E-state index < -0.39 is 5.97 Å². The van der Waals surface area contributed by atoms with Crippen molar-refractivity contribution in [1.82, 2.24) is 0 Å². The van der Waals surface area contributed by atoms with Gasteiger partial charge in [-0.3, -0.25) is 4.79 Å². The summed E-state index contributed by atoms with van der Waals surface area (Å²) in [6, 6.07) is 7.25. The zero-order valence-electron chi connectivity index (χ0n) is 20.1. The highest BCUT2D eigenvalue weighted by Crippen LogP contribution is 2.10. The molecule has 0 bridgehead atoms. The first-order valence-corrected chi connectivity index (χ1v) is 11.7. The van der Waals surface area contributed by atoms with Crippen LogP contribution in [-0.4, -0.2) is 96.3 Å². The predicted molar refractivity (Wildman–Crippen MR) is 126 cm³/mol. The van der Waals surface area contributed by atoms with Crippen molar-refractivity contribution in [2.75, 3.05) is 84.5 Å². The first-order valence-electron chi connectivity index (χ1n) is 11.7. The van der Waals surface area contributed by atoms with E-state index in [1.54, 1.807) is 12.1 Å². The van der Waals surface area contributed by atoms with Gasteiger partial charge in [0.25, 0.3) is 0 Å². The Morgan fingerprint density at radius 1 is 0.735 bits per heavy atom. The van der Waals surface area contributed by atoms with Crippen LogP contribution in [-0.2, 0) is 33.2 Å². The number of nitrogens with one attached hydrogen (secondary N) is 1. The van der Waals surface area contributed by atoms with Gasteiger partial charge in [-0.2, -0.15) is 0 Å². The van der Waals surface area contributed by atoms with Crippen LogP contribution in [0, 0.1) is 0 Å². The molecule has 194 valence electrons. The summed E-state index contributed by atoms with van der Waals surface area (Å²) in [7, 11) is 0. The molecule has 0 aliphatic carbocycles. The number of ether oxygens (including phenoxy) is 6. The average Bonchev–Trinajstić information content (AvgIpc) is 2.83. The van der Waals surface area contributed by atoms with Crippen LogP contribution < -0.4 is 5.32 Å². The predicted octanol–water partition coefficient (Wildman–Crippen LogP) is 2.61. The molecule has 1 aromatic carbocycles. The van der Waals surface area contributed by atoms with E-state index in [9.17, 15) is 9.59 Å². The SMILES string of the molecule is CCCCNc1ccc(C(=O)OCCOCCOCCOCCOCCOCCC(=O)O)cc1. The zero-order chi connectivity index (χ0) is 24.7. The molecule has 0 spiro atoms. The van der Waals surface area contributed by atoms with Gasteiger partial charge in [-0.1, -0.05) is 13.3 Å². The molecule has 1 rings (SSSR count). The molecule has 0 unspecified atom stereocenters. The third-order valence-electron chi connectivity index (χ3n) is 4.39. The Labute approximate surface area is 201 Å². The number of rotatable bonds is 23. The average molecular weight is 486 g/mol. The van der Waals surface area contributed by atoms with Crippen molar-refractivity contribution in [2.24, 2.45) is 0 Å². The molecule has 34 heavy (non-hydrogen) atoms. The molecule has 10 nitrogen and oxygen atoms in total. The molecule has 0 aliphatic rings. The zero-order valence-corrected chi connectivity index (χ0v) is 20.1. The number of benzene rings is 1. The van der Waals surface area contributed by atoms with Crippen LogP contribution in [0.3, 0.4) is 0 Å². The number of carbonyl (C=O) groups is 2.